The van der Waals surface area contributed by atoms with E-state index in [1.54, 1.807) is 10.7 Å². The molecule has 0 fully saturated rings. The van der Waals surface area contributed by atoms with Crippen molar-refractivity contribution in [1.29, 1.82) is 0 Å². The minimum absolute atomic E-state index is 0.113. The summed E-state index contributed by atoms with van der Waals surface area (Å²) < 4.78 is 7.28. The van der Waals surface area contributed by atoms with Crippen molar-refractivity contribution in [3.63, 3.8) is 0 Å². The van der Waals surface area contributed by atoms with Crippen molar-refractivity contribution in [2.75, 3.05) is 17.2 Å². The topological polar surface area (TPSA) is 98.1 Å². The van der Waals surface area contributed by atoms with Gasteiger partial charge in [-0.25, -0.2) is 4.68 Å². The maximum atomic E-state index is 12.0. The molecule has 1 aromatic heterocycles. The van der Waals surface area contributed by atoms with Crippen molar-refractivity contribution in [3.8, 4) is 5.75 Å². The summed E-state index contributed by atoms with van der Waals surface area (Å²) in [6.45, 7) is -0.113. The van der Waals surface area contributed by atoms with E-state index < -0.39 is 0 Å². The summed E-state index contributed by atoms with van der Waals surface area (Å²) in [5, 5.41) is 9.64. The van der Waals surface area contributed by atoms with E-state index in [9.17, 15) is 9.59 Å². The van der Waals surface area contributed by atoms with Gasteiger partial charge in [-0.2, -0.15) is 10.1 Å². The number of para-hydroxylation sites is 1. The molecule has 0 radical (unpaired) electrons. The predicted molar refractivity (Wildman–Crippen MR) is 98.4 cm³/mol. The number of fused-ring (bicyclic) bond motifs is 1. The summed E-state index contributed by atoms with van der Waals surface area (Å²) in [6.07, 6.45) is 1.66. The predicted octanol–water partition coefficient (Wildman–Crippen LogP) is 2.23. The fraction of sp³-hybridized carbons (Fsp3) is 0.158. The smallest absolute Gasteiger partial charge is 0.262 e. The van der Waals surface area contributed by atoms with Gasteiger partial charge in [0.05, 0.1) is 12.5 Å². The third-order valence-electron chi connectivity index (χ3n) is 4.17. The Bertz CT molecular complexity index is 970. The molecular formula is C19H17N5O3. The molecule has 136 valence electrons. The molecule has 8 nitrogen and oxygen atoms in total. The van der Waals surface area contributed by atoms with Gasteiger partial charge in [0.2, 0.25) is 11.9 Å². The molecule has 4 rings (SSSR count). The molecule has 1 aliphatic heterocycles. The van der Waals surface area contributed by atoms with Crippen LogP contribution >= 0.6 is 0 Å². The zero-order valence-electron chi connectivity index (χ0n) is 14.3. The lowest BCUT2D eigenvalue weighted by molar-refractivity contribution is -0.118. The quantitative estimate of drug-likeness (QED) is 0.724. The third kappa shape index (κ3) is 3.79. The summed E-state index contributed by atoms with van der Waals surface area (Å²) >= 11 is 0. The molecule has 0 aliphatic carbocycles. The van der Waals surface area contributed by atoms with Crippen LogP contribution in [-0.2, 0) is 9.59 Å². The monoisotopic (exact) mass is 363 g/mol. The van der Waals surface area contributed by atoms with Gasteiger partial charge in [-0.1, -0.05) is 30.3 Å². The molecule has 2 amide bonds. The number of aromatic nitrogens is 3. The number of benzene rings is 2. The number of hydrogen-bond donors (Lipinski definition) is 2. The van der Waals surface area contributed by atoms with Crippen LogP contribution in [0.5, 0.6) is 5.75 Å². The standard InChI is InChI=1S/C19H17N5O3/c25-17-10-16(24-19(23-17)20-12-21-24)13-5-4-8-15(9-13)27-11-18(26)22-14-6-2-1-3-7-14/h1-9,12,16H,10-11H2,(H,22,26)(H,20,21,23,25). The molecule has 1 aliphatic rings. The van der Waals surface area contributed by atoms with Gasteiger partial charge in [0.25, 0.3) is 5.91 Å². The minimum Gasteiger partial charge on any atom is -0.484 e. The molecular weight excluding hydrogens is 346 g/mol. The highest BCUT2D eigenvalue weighted by Gasteiger charge is 2.27. The number of rotatable bonds is 5. The molecule has 2 N–H and O–H groups in total. The maximum Gasteiger partial charge on any atom is 0.262 e. The molecule has 8 heteroatoms. The van der Waals surface area contributed by atoms with Crippen molar-refractivity contribution in [2.24, 2.45) is 0 Å². The number of nitrogens with zero attached hydrogens (tertiary/aromatic N) is 3. The molecule has 3 aromatic rings. The lowest BCUT2D eigenvalue weighted by Gasteiger charge is -2.24. The van der Waals surface area contributed by atoms with E-state index in [1.165, 1.54) is 6.33 Å². The number of anilines is 2. The molecule has 2 heterocycles. The van der Waals surface area contributed by atoms with Gasteiger partial charge in [-0.3, -0.25) is 14.9 Å². The number of carbonyl (C=O) groups is 2. The highest BCUT2D eigenvalue weighted by molar-refractivity contribution is 5.92. The zero-order chi connectivity index (χ0) is 18.6. The molecule has 0 bridgehead atoms. The third-order valence-corrected chi connectivity index (χ3v) is 4.17. The first-order chi connectivity index (χ1) is 13.2. The molecule has 0 saturated heterocycles. The highest BCUT2D eigenvalue weighted by atomic mass is 16.5. The van der Waals surface area contributed by atoms with Crippen LogP contribution in [0.2, 0.25) is 0 Å². The van der Waals surface area contributed by atoms with Crippen LogP contribution in [0, 0.1) is 0 Å². The van der Waals surface area contributed by atoms with Gasteiger partial charge >= 0.3 is 0 Å². The van der Waals surface area contributed by atoms with Crippen LogP contribution in [0.15, 0.2) is 60.9 Å². The Balaban J connectivity index is 1.44. The van der Waals surface area contributed by atoms with Crippen LogP contribution in [0.1, 0.15) is 18.0 Å². The SMILES string of the molecule is O=C(COc1cccc(C2CC(=O)Nc3ncnn32)c1)Nc1ccccc1. The van der Waals surface area contributed by atoms with E-state index in [1.807, 2.05) is 48.5 Å². The first-order valence-electron chi connectivity index (χ1n) is 8.46. The van der Waals surface area contributed by atoms with E-state index in [-0.39, 0.29) is 30.9 Å². The second-order valence-electron chi connectivity index (χ2n) is 6.07. The Kier molecular flexibility index (Phi) is 4.52. The van der Waals surface area contributed by atoms with E-state index in [2.05, 4.69) is 20.7 Å². The molecule has 27 heavy (non-hydrogen) atoms. The van der Waals surface area contributed by atoms with Gasteiger partial charge in [-0.15, -0.1) is 0 Å². The van der Waals surface area contributed by atoms with Gasteiger partial charge < -0.3 is 10.1 Å². The first-order valence-corrected chi connectivity index (χ1v) is 8.46. The number of carbonyl (C=O) groups excluding carboxylic acids is 2. The van der Waals surface area contributed by atoms with Crippen molar-refractivity contribution in [1.82, 2.24) is 14.8 Å². The molecule has 1 atom stereocenters. The summed E-state index contributed by atoms with van der Waals surface area (Å²) in [5.74, 6) is 0.601. The summed E-state index contributed by atoms with van der Waals surface area (Å²) in [7, 11) is 0. The van der Waals surface area contributed by atoms with Crippen molar-refractivity contribution in [2.45, 2.75) is 12.5 Å². The van der Waals surface area contributed by atoms with Gasteiger partial charge in [0.15, 0.2) is 6.61 Å². The summed E-state index contributed by atoms with van der Waals surface area (Å²) in [4.78, 5) is 28.0. The van der Waals surface area contributed by atoms with Crippen LogP contribution in [0.3, 0.4) is 0 Å². The Labute approximate surface area is 155 Å². The fourth-order valence-corrected chi connectivity index (χ4v) is 2.94. The number of hydrogen-bond acceptors (Lipinski definition) is 5. The van der Waals surface area contributed by atoms with E-state index in [0.29, 0.717) is 17.4 Å². The van der Waals surface area contributed by atoms with Crippen LogP contribution < -0.4 is 15.4 Å². The lowest BCUT2D eigenvalue weighted by Crippen LogP contribution is -2.29. The molecule has 2 aromatic carbocycles. The van der Waals surface area contributed by atoms with Gasteiger partial charge in [-0.05, 0) is 29.8 Å². The Morgan fingerprint density at radius 2 is 2.07 bits per heavy atom. The Morgan fingerprint density at radius 3 is 2.93 bits per heavy atom. The Morgan fingerprint density at radius 1 is 1.22 bits per heavy atom. The van der Waals surface area contributed by atoms with Gasteiger partial charge in [0.1, 0.15) is 12.1 Å². The highest BCUT2D eigenvalue weighted by Crippen LogP contribution is 2.30. The zero-order valence-corrected chi connectivity index (χ0v) is 14.3. The number of amides is 2. The minimum atomic E-state index is -0.266. The van der Waals surface area contributed by atoms with Crippen LogP contribution in [0.4, 0.5) is 11.6 Å². The second kappa shape index (κ2) is 7.28. The average Bonchev–Trinajstić information content (AvgIpc) is 3.15. The summed E-state index contributed by atoms with van der Waals surface area (Å²) in [5.41, 5.74) is 1.57. The maximum absolute atomic E-state index is 12.0. The first kappa shape index (κ1) is 16.8. The average molecular weight is 363 g/mol. The normalized spacial score (nSPS) is 15.6. The lowest BCUT2D eigenvalue weighted by atomic mass is 10.0. The van der Waals surface area contributed by atoms with E-state index in [4.69, 9.17) is 4.74 Å². The molecule has 0 spiro atoms. The van der Waals surface area contributed by atoms with Crippen molar-refractivity contribution in [3.05, 3.63) is 66.5 Å². The molecule has 1 unspecified atom stereocenters. The number of nitrogens with one attached hydrogen (secondary N) is 2. The van der Waals surface area contributed by atoms with Crippen molar-refractivity contribution < 1.29 is 14.3 Å². The Hall–Kier alpha value is -3.68. The van der Waals surface area contributed by atoms with E-state index >= 15 is 0 Å². The second-order valence-corrected chi connectivity index (χ2v) is 6.07. The fourth-order valence-electron chi connectivity index (χ4n) is 2.94. The van der Waals surface area contributed by atoms with Crippen LogP contribution in [-0.4, -0.2) is 33.2 Å². The largest absolute Gasteiger partial charge is 0.484 e. The van der Waals surface area contributed by atoms with Gasteiger partial charge in [0, 0.05) is 5.69 Å². The van der Waals surface area contributed by atoms with Crippen molar-refractivity contribution >= 4 is 23.5 Å². The molecule has 0 saturated carbocycles. The number of ether oxygens (including phenoxy) is 1. The van der Waals surface area contributed by atoms with E-state index in [0.717, 1.165) is 5.56 Å². The summed E-state index contributed by atoms with van der Waals surface area (Å²) in [6, 6.07) is 16.2. The van der Waals surface area contributed by atoms with Crippen LogP contribution in [0.25, 0.3) is 0 Å².